The Balaban J connectivity index is 1.78. The third-order valence-electron chi connectivity index (χ3n) is 4.15. The van der Waals surface area contributed by atoms with Crippen molar-refractivity contribution >= 4 is 44.9 Å². The predicted octanol–water partition coefficient (Wildman–Crippen LogP) is 4.72. The summed E-state index contributed by atoms with van der Waals surface area (Å²) in [6, 6.07) is 9.69. The fourth-order valence-electron chi connectivity index (χ4n) is 2.78. The van der Waals surface area contributed by atoms with Crippen molar-refractivity contribution in [2.24, 2.45) is 4.99 Å². The summed E-state index contributed by atoms with van der Waals surface area (Å²) in [4.78, 5) is 7.42. The number of hydrogen-bond donors (Lipinski definition) is 2. The Hall–Kier alpha value is -2.95. The third-order valence-corrected chi connectivity index (χ3v) is 6.30. The molecule has 0 saturated carbocycles. The Labute approximate surface area is 185 Å². The minimum absolute atomic E-state index is 0.00777. The molecule has 0 radical (unpaired) electrons. The molecule has 1 aliphatic rings. The van der Waals surface area contributed by atoms with E-state index in [0.717, 1.165) is 6.07 Å². The average molecular weight is 485 g/mol. The maximum atomic E-state index is 14.7. The van der Waals surface area contributed by atoms with Crippen molar-refractivity contribution in [1.29, 1.82) is 0 Å². The van der Waals surface area contributed by atoms with Crippen LogP contribution in [0.4, 0.5) is 14.5 Å². The molecule has 2 aromatic carbocycles. The SMILES string of the molecule is O=S1(=O)NC(=NCc2ncccc2F)Nc2c(Oc3ccccc3Cl)c(F)cc(Cl)c21. The smallest absolute Gasteiger partial charge is 0.267 e. The number of anilines is 1. The quantitative estimate of drug-likeness (QED) is 0.558. The first-order valence-corrected chi connectivity index (χ1v) is 10.9. The number of aromatic nitrogens is 1. The molecule has 12 heteroatoms. The Morgan fingerprint density at radius 2 is 1.84 bits per heavy atom. The number of ether oxygens (including phenoxy) is 1. The first-order valence-electron chi connectivity index (χ1n) is 8.64. The van der Waals surface area contributed by atoms with E-state index in [1.807, 2.05) is 0 Å². The molecule has 1 aliphatic heterocycles. The molecule has 4 rings (SSSR count). The lowest BCUT2D eigenvalue weighted by Crippen LogP contribution is -2.41. The van der Waals surface area contributed by atoms with E-state index in [2.05, 4.69) is 20.0 Å². The van der Waals surface area contributed by atoms with Crippen molar-refractivity contribution in [2.75, 3.05) is 5.32 Å². The fraction of sp³-hybridized carbons (Fsp3) is 0.0526. The molecule has 3 aromatic rings. The van der Waals surface area contributed by atoms with E-state index in [-0.39, 0.29) is 39.7 Å². The topological polar surface area (TPSA) is 92.7 Å². The summed E-state index contributed by atoms with van der Waals surface area (Å²) >= 11 is 12.1. The number of fused-ring (bicyclic) bond motifs is 1. The number of rotatable bonds is 4. The third kappa shape index (κ3) is 4.27. The highest BCUT2D eigenvalue weighted by Crippen LogP contribution is 2.44. The van der Waals surface area contributed by atoms with Crippen molar-refractivity contribution in [3.05, 3.63) is 76.0 Å². The zero-order valence-corrected chi connectivity index (χ0v) is 17.7. The number of halogens is 4. The first-order chi connectivity index (χ1) is 14.8. The van der Waals surface area contributed by atoms with Gasteiger partial charge in [0.2, 0.25) is 5.96 Å². The highest BCUT2D eigenvalue weighted by Gasteiger charge is 2.34. The zero-order valence-electron chi connectivity index (χ0n) is 15.4. The van der Waals surface area contributed by atoms with Crippen LogP contribution in [0, 0.1) is 11.6 Å². The van der Waals surface area contributed by atoms with Gasteiger partial charge in [-0.3, -0.25) is 4.98 Å². The van der Waals surface area contributed by atoms with E-state index < -0.39 is 32.3 Å². The number of pyridine rings is 1. The van der Waals surface area contributed by atoms with Gasteiger partial charge >= 0.3 is 0 Å². The molecule has 0 aliphatic carbocycles. The number of aliphatic imine (C=N–C) groups is 1. The van der Waals surface area contributed by atoms with Gasteiger partial charge in [-0.15, -0.1) is 0 Å². The summed E-state index contributed by atoms with van der Waals surface area (Å²) in [5, 5.41) is 2.46. The lowest BCUT2D eigenvalue weighted by Gasteiger charge is -2.25. The Morgan fingerprint density at radius 1 is 1.06 bits per heavy atom. The van der Waals surface area contributed by atoms with Crippen molar-refractivity contribution < 1.29 is 21.9 Å². The molecule has 7 nitrogen and oxygen atoms in total. The van der Waals surface area contributed by atoms with Crippen LogP contribution < -0.4 is 14.8 Å². The maximum absolute atomic E-state index is 14.7. The van der Waals surface area contributed by atoms with Crippen LogP contribution in [-0.2, 0) is 16.6 Å². The van der Waals surface area contributed by atoms with Gasteiger partial charge in [0.1, 0.15) is 22.1 Å². The van der Waals surface area contributed by atoms with Gasteiger partial charge in [0, 0.05) is 6.20 Å². The number of guanidine groups is 1. The fourth-order valence-corrected chi connectivity index (χ4v) is 4.65. The van der Waals surface area contributed by atoms with Crippen LogP contribution in [-0.4, -0.2) is 19.4 Å². The second kappa shape index (κ2) is 8.29. The number of benzene rings is 2. The van der Waals surface area contributed by atoms with Gasteiger partial charge in [-0.2, -0.15) is 0 Å². The molecular weight excluding hydrogens is 473 g/mol. The largest absolute Gasteiger partial charge is 0.450 e. The van der Waals surface area contributed by atoms with E-state index in [4.69, 9.17) is 27.9 Å². The van der Waals surface area contributed by atoms with Gasteiger partial charge in [0.15, 0.2) is 11.6 Å². The molecule has 0 amide bonds. The van der Waals surface area contributed by atoms with Gasteiger partial charge in [0.05, 0.1) is 22.3 Å². The molecule has 0 saturated heterocycles. The lowest BCUT2D eigenvalue weighted by molar-refractivity contribution is 0.443. The molecule has 2 N–H and O–H groups in total. The molecule has 1 aromatic heterocycles. The number of sulfonamides is 1. The number of para-hydroxylation sites is 1. The van der Waals surface area contributed by atoms with Crippen LogP contribution in [0.5, 0.6) is 11.5 Å². The van der Waals surface area contributed by atoms with E-state index in [1.54, 1.807) is 12.1 Å². The summed E-state index contributed by atoms with van der Waals surface area (Å²) in [6.07, 6.45) is 1.37. The molecule has 0 atom stereocenters. The molecule has 0 spiro atoms. The highest BCUT2D eigenvalue weighted by molar-refractivity contribution is 7.90. The van der Waals surface area contributed by atoms with Crippen LogP contribution in [0.15, 0.2) is 58.5 Å². The molecule has 0 unspecified atom stereocenters. The van der Waals surface area contributed by atoms with Crippen LogP contribution in [0.3, 0.4) is 0 Å². The van der Waals surface area contributed by atoms with Crippen LogP contribution in [0.25, 0.3) is 0 Å². The maximum Gasteiger partial charge on any atom is 0.267 e. The zero-order chi connectivity index (χ0) is 22.2. The van der Waals surface area contributed by atoms with Gasteiger partial charge < -0.3 is 10.1 Å². The van der Waals surface area contributed by atoms with Gasteiger partial charge in [0.25, 0.3) is 10.0 Å². The minimum atomic E-state index is -4.25. The molecule has 2 heterocycles. The van der Waals surface area contributed by atoms with E-state index in [1.165, 1.54) is 30.5 Å². The van der Waals surface area contributed by atoms with E-state index in [9.17, 15) is 17.2 Å². The Kier molecular flexibility index (Phi) is 5.69. The Bertz CT molecular complexity index is 1320. The van der Waals surface area contributed by atoms with Crippen molar-refractivity contribution in [3.63, 3.8) is 0 Å². The standard InChI is InChI=1S/C19H12Cl2F2N4O3S/c20-10-4-1-2-6-15(10)30-17-13(23)8-11(21)18-16(17)26-19(27-31(18,28)29)25-9-14-12(22)5-3-7-24-14/h1-8H,9H2,(H2,25,26,27). The number of nitrogens with one attached hydrogen (secondary N) is 2. The van der Waals surface area contributed by atoms with Crippen LogP contribution >= 0.6 is 23.2 Å². The minimum Gasteiger partial charge on any atom is -0.450 e. The molecule has 0 fully saturated rings. The predicted molar refractivity (Wildman–Crippen MR) is 112 cm³/mol. The molecule has 31 heavy (non-hydrogen) atoms. The first kappa shape index (κ1) is 21.3. The van der Waals surface area contributed by atoms with E-state index in [0.29, 0.717) is 0 Å². The molecule has 160 valence electrons. The van der Waals surface area contributed by atoms with Crippen molar-refractivity contribution in [3.8, 4) is 11.5 Å². The second-order valence-corrected chi connectivity index (χ2v) is 8.67. The van der Waals surface area contributed by atoms with Crippen molar-refractivity contribution in [2.45, 2.75) is 11.4 Å². The highest BCUT2D eigenvalue weighted by atomic mass is 35.5. The summed E-state index contributed by atoms with van der Waals surface area (Å²) in [7, 11) is -4.25. The van der Waals surface area contributed by atoms with Gasteiger partial charge in [-0.05, 0) is 30.3 Å². The monoisotopic (exact) mass is 484 g/mol. The number of nitrogens with zero attached hydrogens (tertiary/aromatic N) is 2. The molecular formula is C19H12Cl2F2N4O3S. The van der Waals surface area contributed by atoms with Gasteiger partial charge in [-0.25, -0.2) is 26.9 Å². The number of hydrogen-bond acceptors (Lipinski definition) is 5. The van der Waals surface area contributed by atoms with Crippen molar-refractivity contribution in [1.82, 2.24) is 9.71 Å². The van der Waals surface area contributed by atoms with Crippen LogP contribution in [0.1, 0.15) is 5.69 Å². The van der Waals surface area contributed by atoms with Crippen LogP contribution in [0.2, 0.25) is 10.0 Å². The molecule has 0 bridgehead atoms. The van der Waals surface area contributed by atoms with Gasteiger partial charge in [-0.1, -0.05) is 35.3 Å². The summed E-state index contributed by atoms with van der Waals surface area (Å²) in [5.41, 5.74) is -0.282. The Morgan fingerprint density at radius 3 is 2.58 bits per heavy atom. The summed E-state index contributed by atoms with van der Waals surface area (Å²) in [6.45, 7) is -0.281. The normalized spacial score (nSPS) is 15.7. The summed E-state index contributed by atoms with van der Waals surface area (Å²) < 4.78 is 61.8. The second-order valence-electron chi connectivity index (χ2n) is 6.23. The average Bonchev–Trinajstić information content (AvgIpc) is 2.70. The van der Waals surface area contributed by atoms with E-state index >= 15 is 0 Å². The lowest BCUT2D eigenvalue weighted by atomic mass is 10.2. The summed E-state index contributed by atoms with van der Waals surface area (Å²) in [5.74, 6) is -2.18.